The van der Waals surface area contributed by atoms with Crippen LogP contribution in [-0.4, -0.2) is 15.9 Å². The SMILES string of the molecule is O=C(NCc1ccc2ccccc2n1)c1cccnc1. The molecule has 0 saturated heterocycles. The third-order valence-electron chi connectivity index (χ3n) is 3.01. The lowest BCUT2D eigenvalue weighted by Gasteiger charge is -2.05. The smallest absolute Gasteiger partial charge is 0.253 e. The Morgan fingerprint density at radius 2 is 1.95 bits per heavy atom. The van der Waals surface area contributed by atoms with Gasteiger partial charge in [-0.2, -0.15) is 0 Å². The van der Waals surface area contributed by atoms with Gasteiger partial charge in [-0.1, -0.05) is 24.3 Å². The van der Waals surface area contributed by atoms with Crippen molar-refractivity contribution in [3.8, 4) is 0 Å². The normalized spacial score (nSPS) is 10.4. The maximum absolute atomic E-state index is 11.9. The van der Waals surface area contributed by atoms with E-state index in [1.165, 1.54) is 0 Å². The molecular formula is C16H13N3O. The first-order valence-electron chi connectivity index (χ1n) is 6.36. The molecule has 1 amide bonds. The molecule has 2 heterocycles. The molecule has 0 atom stereocenters. The quantitative estimate of drug-likeness (QED) is 0.790. The van der Waals surface area contributed by atoms with E-state index in [0.717, 1.165) is 16.6 Å². The lowest BCUT2D eigenvalue weighted by Crippen LogP contribution is -2.23. The largest absolute Gasteiger partial charge is 0.346 e. The molecule has 4 nitrogen and oxygen atoms in total. The maximum atomic E-state index is 11.9. The van der Waals surface area contributed by atoms with E-state index in [4.69, 9.17) is 0 Å². The summed E-state index contributed by atoms with van der Waals surface area (Å²) < 4.78 is 0. The minimum Gasteiger partial charge on any atom is -0.346 e. The van der Waals surface area contributed by atoms with Crippen molar-refractivity contribution in [3.63, 3.8) is 0 Å². The second-order valence-corrected chi connectivity index (χ2v) is 4.42. The van der Waals surface area contributed by atoms with Gasteiger partial charge >= 0.3 is 0 Å². The number of benzene rings is 1. The van der Waals surface area contributed by atoms with Crippen molar-refractivity contribution in [1.29, 1.82) is 0 Å². The van der Waals surface area contributed by atoms with Gasteiger partial charge in [0.1, 0.15) is 0 Å². The molecule has 0 fully saturated rings. The number of nitrogens with zero attached hydrogens (tertiary/aromatic N) is 2. The van der Waals surface area contributed by atoms with Crippen LogP contribution in [0.4, 0.5) is 0 Å². The predicted octanol–water partition coefficient (Wildman–Crippen LogP) is 2.56. The molecule has 0 aliphatic heterocycles. The minimum atomic E-state index is -0.145. The summed E-state index contributed by atoms with van der Waals surface area (Å²) in [7, 11) is 0. The summed E-state index contributed by atoms with van der Waals surface area (Å²) in [6, 6.07) is 15.3. The number of amides is 1. The van der Waals surface area contributed by atoms with Crippen LogP contribution in [0.25, 0.3) is 10.9 Å². The Hall–Kier alpha value is -2.75. The summed E-state index contributed by atoms with van der Waals surface area (Å²) in [6.07, 6.45) is 3.19. The van der Waals surface area contributed by atoms with Crippen molar-refractivity contribution in [2.75, 3.05) is 0 Å². The zero-order valence-electron chi connectivity index (χ0n) is 10.8. The molecule has 1 aromatic carbocycles. The molecule has 0 radical (unpaired) electrons. The third kappa shape index (κ3) is 2.64. The van der Waals surface area contributed by atoms with Gasteiger partial charge in [0.05, 0.1) is 23.3 Å². The van der Waals surface area contributed by atoms with Gasteiger partial charge in [-0.05, 0) is 24.3 Å². The summed E-state index contributed by atoms with van der Waals surface area (Å²) in [5, 5.41) is 3.93. The van der Waals surface area contributed by atoms with Gasteiger partial charge in [0.2, 0.25) is 0 Å². The Morgan fingerprint density at radius 1 is 1.05 bits per heavy atom. The number of pyridine rings is 2. The second kappa shape index (κ2) is 5.48. The molecule has 0 unspecified atom stereocenters. The molecule has 3 aromatic rings. The first-order valence-corrected chi connectivity index (χ1v) is 6.36. The summed E-state index contributed by atoms with van der Waals surface area (Å²) in [6.45, 7) is 0.401. The zero-order valence-corrected chi connectivity index (χ0v) is 10.8. The number of para-hydroxylation sites is 1. The molecule has 20 heavy (non-hydrogen) atoms. The maximum Gasteiger partial charge on any atom is 0.253 e. The van der Waals surface area contributed by atoms with Crippen LogP contribution in [0, 0.1) is 0 Å². The van der Waals surface area contributed by atoms with Gasteiger partial charge < -0.3 is 5.32 Å². The first-order chi connectivity index (χ1) is 9.83. The van der Waals surface area contributed by atoms with Crippen molar-refractivity contribution in [2.45, 2.75) is 6.54 Å². The fourth-order valence-corrected chi connectivity index (χ4v) is 1.98. The van der Waals surface area contributed by atoms with Crippen molar-refractivity contribution >= 4 is 16.8 Å². The average molecular weight is 263 g/mol. The monoisotopic (exact) mass is 263 g/mol. The lowest BCUT2D eigenvalue weighted by molar-refractivity contribution is 0.0950. The Labute approximate surface area is 116 Å². The Bertz CT molecular complexity index is 741. The highest BCUT2D eigenvalue weighted by molar-refractivity contribution is 5.93. The third-order valence-corrected chi connectivity index (χ3v) is 3.01. The molecule has 1 N–H and O–H groups in total. The number of rotatable bonds is 3. The molecule has 0 aliphatic rings. The van der Waals surface area contributed by atoms with Gasteiger partial charge in [0.25, 0.3) is 5.91 Å². The van der Waals surface area contributed by atoms with E-state index in [9.17, 15) is 4.79 Å². The van der Waals surface area contributed by atoms with E-state index in [2.05, 4.69) is 15.3 Å². The Morgan fingerprint density at radius 3 is 2.80 bits per heavy atom. The van der Waals surface area contributed by atoms with Crippen LogP contribution in [-0.2, 0) is 6.54 Å². The first kappa shape index (κ1) is 12.3. The average Bonchev–Trinajstić information content (AvgIpc) is 2.53. The molecular weight excluding hydrogens is 250 g/mol. The van der Waals surface area contributed by atoms with E-state index in [1.54, 1.807) is 24.5 Å². The van der Waals surface area contributed by atoms with Gasteiger partial charge in [0.15, 0.2) is 0 Å². The highest BCUT2D eigenvalue weighted by atomic mass is 16.1. The van der Waals surface area contributed by atoms with E-state index in [-0.39, 0.29) is 5.91 Å². The van der Waals surface area contributed by atoms with E-state index in [0.29, 0.717) is 12.1 Å². The molecule has 0 bridgehead atoms. The Kier molecular flexibility index (Phi) is 3.37. The van der Waals surface area contributed by atoms with Crippen LogP contribution in [0.5, 0.6) is 0 Å². The Balaban J connectivity index is 1.72. The van der Waals surface area contributed by atoms with E-state index >= 15 is 0 Å². The van der Waals surface area contributed by atoms with Gasteiger partial charge in [-0.3, -0.25) is 14.8 Å². The minimum absolute atomic E-state index is 0.145. The van der Waals surface area contributed by atoms with Crippen LogP contribution >= 0.6 is 0 Å². The zero-order chi connectivity index (χ0) is 13.8. The topological polar surface area (TPSA) is 54.9 Å². The van der Waals surface area contributed by atoms with Crippen LogP contribution in [0.15, 0.2) is 60.9 Å². The van der Waals surface area contributed by atoms with Gasteiger partial charge in [-0.25, -0.2) is 0 Å². The molecule has 3 rings (SSSR count). The summed E-state index contributed by atoms with van der Waals surface area (Å²) in [4.78, 5) is 20.3. The molecule has 0 spiro atoms. The van der Waals surface area contributed by atoms with Crippen molar-refractivity contribution in [1.82, 2.24) is 15.3 Å². The number of hydrogen-bond donors (Lipinski definition) is 1. The fraction of sp³-hybridized carbons (Fsp3) is 0.0625. The van der Waals surface area contributed by atoms with Crippen LogP contribution in [0.3, 0.4) is 0 Å². The lowest BCUT2D eigenvalue weighted by atomic mass is 10.2. The van der Waals surface area contributed by atoms with Gasteiger partial charge in [0, 0.05) is 17.8 Å². The summed E-state index contributed by atoms with van der Waals surface area (Å²) in [5.74, 6) is -0.145. The molecule has 98 valence electrons. The van der Waals surface area contributed by atoms with Crippen molar-refractivity contribution < 1.29 is 4.79 Å². The van der Waals surface area contributed by atoms with E-state index < -0.39 is 0 Å². The standard InChI is InChI=1S/C16H13N3O/c20-16(13-5-3-9-17-10-13)18-11-14-8-7-12-4-1-2-6-15(12)19-14/h1-10H,11H2,(H,18,20). The number of carbonyl (C=O) groups is 1. The molecule has 4 heteroatoms. The summed E-state index contributed by atoms with van der Waals surface area (Å²) >= 11 is 0. The van der Waals surface area contributed by atoms with Crippen LogP contribution in [0.1, 0.15) is 16.1 Å². The van der Waals surface area contributed by atoms with Crippen molar-refractivity contribution in [2.24, 2.45) is 0 Å². The number of aromatic nitrogens is 2. The number of carbonyl (C=O) groups excluding carboxylic acids is 1. The number of hydrogen-bond acceptors (Lipinski definition) is 3. The van der Waals surface area contributed by atoms with Crippen LogP contribution in [0.2, 0.25) is 0 Å². The number of nitrogens with one attached hydrogen (secondary N) is 1. The van der Waals surface area contributed by atoms with Crippen molar-refractivity contribution in [3.05, 3.63) is 72.2 Å². The highest BCUT2D eigenvalue weighted by Gasteiger charge is 2.05. The fourth-order valence-electron chi connectivity index (χ4n) is 1.98. The second-order valence-electron chi connectivity index (χ2n) is 4.42. The summed E-state index contributed by atoms with van der Waals surface area (Å²) in [5.41, 5.74) is 2.31. The van der Waals surface area contributed by atoms with Crippen LogP contribution < -0.4 is 5.32 Å². The molecule has 2 aromatic heterocycles. The molecule has 0 saturated carbocycles. The predicted molar refractivity (Wildman–Crippen MR) is 77.2 cm³/mol. The number of fused-ring (bicyclic) bond motifs is 1. The van der Waals surface area contributed by atoms with Gasteiger partial charge in [-0.15, -0.1) is 0 Å². The van der Waals surface area contributed by atoms with E-state index in [1.807, 2.05) is 36.4 Å². The highest BCUT2D eigenvalue weighted by Crippen LogP contribution is 2.11. The molecule has 0 aliphatic carbocycles.